The van der Waals surface area contributed by atoms with Crippen LogP contribution in [-0.4, -0.2) is 26.0 Å². The van der Waals surface area contributed by atoms with Crippen LogP contribution in [0.25, 0.3) is 0 Å². The first-order valence-electron chi connectivity index (χ1n) is 5.07. The van der Waals surface area contributed by atoms with Gasteiger partial charge in [-0.05, 0) is 26.0 Å². The van der Waals surface area contributed by atoms with Gasteiger partial charge in [0.2, 0.25) is 0 Å². The van der Waals surface area contributed by atoms with Crippen molar-refractivity contribution >= 4 is 11.5 Å². The molecule has 0 fully saturated rings. The SMILES string of the molecule is CCOc1ccccc1N(C)CC(C)=O. The molecule has 0 heterocycles. The molecule has 0 aliphatic heterocycles. The molecule has 1 aromatic carbocycles. The predicted molar refractivity (Wildman–Crippen MR) is 61.6 cm³/mol. The molecule has 0 bridgehead atoms. The third-order valence-electron chi connectivity index (χ3n) is 2.04. The Morgan fingerprint density at radius 3 is 2.67 bits per heavy atom. The van der Waals surface area contributed by atoms with E-state index in [1.165, 1.54) is 0 Å². The molecule has 0 aliphatic carbocycles. The number of Topliss-reactive ketones (excluding diaryl/α,β-unsaturated/α-hetero) is 1. The number of para-hydroxylation sites is 2. The summed E-state index contributed by atoms with van der Waals surface area (Å²) in [5.74, 6) is 0.965. The van der Waals surface area contributed by atoms with Gasteiger partial charge in [0.15, 0.2) is 0 Å². The fourth-order valence-corrected chi connectivity index (χ4v) is 1.47. The van der Waals surface area contributed by atoms with Crippen LogP contribution in [0.15, 0.2) is 24.3 Å². The number of benzene rings is 1. The first-order valence-corrected chi connectivity index (χ1v) is 5.07. The van der Waals surface area contributed by atoms with Crippen LogP contribution < -0.4 is 9.64 Å². The number of nitrogens with zero attached hydrogens (tertiary/aromatic N) is 1. The molecule has 1 rings (SSSR count). The van der Waals surface area contributed by atoms with Gasteiger partial charge in [-0.3, -0.25) is 4.79 Å². The van der Waals surface area contributed by atoms with Gasteiger partial charge >= 0.3 is 0 Å². The minimum atomic E-state index is 0.142. The molecule has 15 heavy (non-hydrogen) atoms. The van der Waals surface area contributed by atoms with Crippen LogP contribution in [0.4, 0.5) is 5.69 Å². The van der Waals surface area contributed by atoms with Gasteiger partial charge in [-0.15, -0.1) is 0 Å². The lowest BCUT2D eigenvalue weighted by Gasteiger charge is -2.20. The molecular weight excluding hydrogens is 190 g/mol. The van der Waals surface area contributed by atoms with Gasteiger partial charge in [0, 0.05) is 7.05 Å². The molecule has 0 radical (unpaired) electrons. The van der Waals surface area contributed by atoms with E-state index in [0.717, 1.165) is 11.4 Å². The maximum Gasteiger partial charge on any atom is 0.149 e. The Bertz CT molecular complexity index is 336. The van der Waals surface area contributed by atoms with Gasteiger partial charge in [-0.25, -0.2) is 0 Å². The summed E-state index contributed by atoms with van der Waals surface area (Å²) in [4.78, 5) is 12.9. The van der Waals surface area contributed by atoms with E-state index < -0.39 is 0 Å². The Hall–Kier alpha value is -1.51. The Morgan fingerprint density at radius 1 is 1.40 bits per heavy atom. The maximum atomic E-state index is 11.0. The number of hydrogen-bond donors (Lipinski definition) is 0. The van der Waals surface area contributed by atoms with Crippen molar-refractivity contribution < 1.29 is 9.53 Å². The molecule has 0 atom stereocenters. The fourth-order valence-electron chi connectivity index (χ4n) is 1.47. The van der Waals surface area contributed by atoms with Crippen LogP contribution in [0.5, 0.6) is 5.75 Å². The molecule has 0 unspecified atom stereocenters. The number of carbonyl (C=O) groups is 1. The van der Waals surface area contributed by atoms with Crippen molar-refractivity contribution in [2.24, 2.45) is 0 Å². The van der Waals surface area contributed by atoms with E-state index in [1.807, 2.05) is 43.1 Å². The molecule has 82 valence electrons. The molecule has 0 saturated heterocycles. The predicted octanol–water partition coefficient (Wildman–Crippen LogP) is 2.11. The largest absolute Gasteiger partial charge is 0.492 e. The van der Waals surface area contributed by atoms with Crippen LogP contribution >= 0.6 is 0 Å². The van der Waals surface area contributed by atoms with E-state index >= 15 is 0 Å². The Kier molecular flexibility index (Phi) is 4.16. The van der Waals surface area contributed by atoms with E-state index in [-0.39, 0.29) is 5.78 Å². The topological polar surface area (TPSA) is 29.5 Å². The number of anilines is 1. The van der Waals surface area contributed by atoms with Crippen molar-refractivity contribution in [2.75, 3.05) is 25.1 Å². The highest BCUT2D eigenvalue weighted by Crippen LogP contribution is 2.26. The lowest BCUT2D eigenvalue weighted by Crippen LogP contribution is -2.24. The van der Waals surface area contributed by atoms with Crippen molar-refractivity contribution in [3.05, 3.63) is 24.3 Å². The quantitative estimate of drug-likeness (QED) is 0.740. The zero-order chi connectivity index (χ0) is 11.3. The molecule has 1 aromatic rings. The van der Waals surface area contributed by atoms with E-state index in [9.17, 15) is 4.79 Å². The van der Waals surface area contributed by atoms with Crippen molar-refractivity contribution in [2.45, 2.75) is 13.8 Å². The number of rotatable bonds is 5. The third-order valence-corrected chi connectivity index (χ3v) is 2.04. The van der Waals surface area contributed by atoms with Crippen molar-refractivity contribution in [1.82, 2.24) is 0 Å². The average molecular weight is 207 g/mol. The highest BCUT2D eigenvalue weighted by molar-refractivity contribution is 5.81. The first kappa shape index (κ1) is 11.6. The number of likely N-dealkylation sites (N-methyl/N-ethyl adjacent to an activating group) is 1. The molecule has 3 heteroatoms. The van der Waals surface area contributed by atoms with E-state index in [1.54, 1.807) is 6.92 Å². The summed E-state index contributed by atoms with van der Waals surface area (Å²) in [6, 6.07) is 7.73. The van der Waals surface area contributed by atoms with Gasteiger partial charge in [0.05, 0.1) is 18.8 Å². The van der Waals surface area contributed by atoms with Crippen molar-refractivity contribution in [1.29, 1.82) is 0 Å². The van der Waals surface area contributed by atoms with E-state index in [4.69, 9.17) is 4.74 Å². The summed E-state index contributed by atoms with van der Waals surface area (Å²) in [5.41, 5.74) is 0.953. The summed E-state index contributed by atoms with van der Waals surface area (Å²) >= 11 is 0. The summed E-state index contributed by atoms with van der Waals surface area (Å²) in [6.45, 7) is 4.57. The average Bonchev–Trinajstić information content (AvgIpc) is 2.18. The normalized spacial score (nSPS) is 9.80. The summed E-state index contributed by atoms with van der Waals surface area (Å²) in [6.07, 6.45) is 0. The second-order valence-corrected chi connectivity index (χ2v) is 3.46. The Balaban J connectivity index is 2.86. The second-order valence-electron chi connectivity index (χ2n) is 3.46. The molecule has 0 spiro atoms. The fraction of sp³-hybridized carbons (Fsp3) is 0.417. The van der Waals surface area contributed by atoms with Crippen LogP contribution in [0.1, 0.15) is 13.8 Å². The molecular formula is C12H17NO2. The minimum absolute atomic E-state index is 0.142. The molecule has 0 aliphatic rings. The smallest absolute Gasteiger partial charge is 0.149 e. The highest BCUT2D eigenvalue weighted by atomic mass is 16.5. The maximum absolute atomic E-state index is 11.0. The first-order chi connectivity index (χ1) is 7.15. The number of hydrogen-bond acceptors (Lipinski definition) is 3. The van der Waals surface area contributed by atoms with E-state index in [0.29, 0.717) is 13.2 Å². The molecule has 0 amide bonds. The van der Waals surface area contributed by atoms with Crippen LogP contribution in [0.3, 0.4) is 0 Å². The van der Waals surface area contributed by atoms with Gasteiger partial charge in [-0.1, -0.05) is 12.1 Å². The van der Waals surface area contributed by atoms with Gasteiger partial charge < -0.3 is 9.64 Å². The molecule has 3 nitrogen and oxygen atoms in total. The van der Waals surface area contributed by atoms with Crippen LogP contribution in [-0.2, 0) is 4.79 Å². The summed E-state index contributed by atoms with van der Waals surface area (Å²) < 4.78 is 5.49. The lowest BCUT2D eigenvalue weighted by atomic mass is 10.2. The molecule has 0 aromatic heterocycles. The monoisotopic (exact) mass is 207 g/mol. The Labute approximate surface area is 90.7 Å². The lowest BCUT2D eigenvalue weighted by molar-refractivity contribution is -0.115. The minimum Gasteiger partial charge on any atom is -0.492 e. The number of ether oxygens (including phenoxy) is 1. The molecule has 0 saturated carbocycles. The van der Waals surface area contributed by atoms with Gasteiger partial charge in [0.25, 0.3) is 0 Å². The number of ketones is 1. The standard InChI is InChI=1S/C12H17NO2/c1-4-15-12-8-6-5-7-11(12)13(3)9-10(2)14/h5-8H,4,9H2,1-3H3. The van der Waals surface area contributed by atoms with Gasteiger partial charge in [-0.2, -0.15) is 0 Å². The summed E-state index contributed by atoms with van der Waals surface area (Å²) in [7, 11) is 1.89. The van der Waals surface area contributed by atoms with E-state index in [2.05, 4.69) is 0 Å². The van der Waals surface area contributed by atoms with Crippen molar-refractivity contribution in [3.8, 4) is 5.75 Å². The summed E-state index contributed by atoms with van der Waals surface area (Å²) in [5, 5.41) is 0. The zero-order valence-electron chi connectivity index (χ0n) is 9.49. The van der Waals surface area contributed by atoms with Gasteiger partial charge in [0.1, 0.15) is 11.5 Å². The molecule has 0 N–H and O–H groups in total. The Morgan fingerprint density at radius 2 is 2.07 bits per heavy atom. The van der Waals surface area contributed by atoms with Crippen molar-refractivity contribution in [3.63, 3.8) is 0 Å². The third kappa shape index (κ3) is 3.27. The van der Waals surface area contributed by atoms with Crippen LogP contribution in [0, 0.1) is 0 Å². The number of carbonyl (C=O) groups excluding carboxylic acids is 1. The second kappa shape index (κ2) is 5.39. The highest BCUT2D eigenvalue weighted by Gasteiger charge is 2.08. The van der Waals surface area contributed by atoms with Crippen LogP contribution in [0.2, 0.25) is 0 Å². The zero-order valence-corrected chi connectivity index (χ0v) is 9.49.